The van der Waals surface area contributed by atoms with Crippen LogP contribution in [0.15, 0.2) is 28.7 Å². The van der Waals surface area contributed by atoms with Gasteiger partial charge >= 0.3 is 5.97 Å². The van der Waals surface area contributed by atoms with E-state index in [9.17, 15) is 14.4 Å². The summed E-state index contributed by atoms with van der Waals surface area (Å²) in [7, 11) is 0. The minimum Gasteiger partial charge on any atom is -0.464 e. The molecule has 0 spiro atoms. The summed E-state index contributed by atoms with van der Waals surface area (Å²) in [6.45, 7) is 3.23. The number of rotatable bonds is 6. The van der Waals surface area contributed by atoms with E-state index >= 15 is 0 Å². The van der Waals surface area contributed by atoms with E-state index in [1.54, 1.807) is 31.2 Å². The summed E-state index contributed by atoms with van der Waals surface area (Å²) < 4.78 is 5.41. The van der Waals surface area contributed by atoms with Crippen molar-refractivity contribution >= 4 is 33.7 Å². The number of esters is 1. The maximum atomic E-state index is 11.9. The molecule has 1 atom stereocenters. The third kappa shape index (κ3) is 5.55. The molecule has 0 aliphatic rings. The molecule has 6 nitrogen and oxygen atoms in total. The molecule has 0 aliphatic carbocycles. The Labute approximate surface area is 131 Å². The zero-order chi connectivity index (χ0) is 15.8. The summed E-state index contributed by atoms with van der Waals surface area (Å²) in [5.41, 5.74) is 0.434. The first-order valence-electron chi connectivity index (χ1n) is 6.44. The Hall–Kier alpha value is -1.89. The molecule has 21 heavy (non-hydrogen) atoms. The van der Waals surface area contributed by atoms with Crippen LogP contribution in [0.25, 0.3) is 0 Å². The molecule has 1 rings (SSSR count). The smallest absolute Gasteiger partial charge is 0.328 e. The molecule has 0 bridgehead atoms. The SMILES string of the molecule is CCOC(=O)C(C)NC(=O)CNC(=O)c1ccccc1Br. The Morgan fingerprint density at radius 2 is 1.95 bits per heavy atom. The van der Waals surface area contributed by atoms with Gasteiger partial charge in [-0.2, -0.15) is 0 Å². The Kier molecular flexibility index (Phi) is 6.87. The average Bonchev–Trinajstić information content (AvgIpc) is 2.45. The largest absolute Gasteiger partial charge is 0.464 e. The van der Waals surface area contributed by atoms with Gasteiger partial charge in [0.1, 0.15) is 6.04 Å². The van der Waals surface area contributed by atoms with Gasteiger partial charge in [-0.1, -0.05) is 12.1 Å². The highest BCUT2D eigenvalue weighted by atomic mass is 79.9. The number of carbonyl (C=O) groups is 3. The first-order chi connectivity index (χ1) is 9.95. The number of ether oxygens (including phenoxy) is 1. The first kappa shape index (κ1) is 17.2. The monoisotopic (exact) mass is 356 g/mol. The molecule has 1 unspecified atom stereocenters. The van der Waals surface area contributed by atoms with Crippen molar-refractivity contribution in [2.75, 3.05) is 13.2 Å². The molecule has 0 radical (unpaired) electrons. The van der Waals surface area contributed by atoms with Crippen LogP contribution in [0.2, 0.25) is 0 Å². The summed E-state index contributed by atoms with van der Waals surface area (Å²) in [5, 5.41) is 4.93. The quantitative estimate of drug-likeness (QED) is 0.751. The normalized spacial score (nSPS) is 11.4. The second kappa shape index (κ2) is 8.41. The molecular formula is C14H17BrN2O4. The highest BCUT2D eigenvalue weighted by Gasteiger charge is 2.17. The topological polar surface area (TPSA) is 84.5 Å². The summed E-state index contributed by atoms with van der Waals surface area (Å²) >= 11 is 3.26. The van der Waals surface area contributed by atoms with Gasteiger partial charge in [0.2, 0.25) is 5.91 Å². The molecule has 0 heterocycles. The van der Waals surface area contributed by atoms with Gasteiger partial charge in [0, 0.05) is 4.47 Å². The lowest BCUT2D eigenvalue weighted by atomic mass is 10.2. The summed E-state index contributed by atoms with van der Waals surface area (Å²) in [4.78, 5) is 34.9. The lowest BCUT2D eigenvalue weighted by Gasteiger charge is -2.13. The lowest BCUT2D eigenvalue weighted by molar-refractivity contribution is -0.146. The first-order valence-corrected chi connectivity index (χ1v) is 7.23. The van der Waals surface area contributed by atoms with Crippen LogP contribution < -0.4 is 10.6 Å². The van der Waals surface area contributed by atoms with Gasteiger partial charge in [-0.3, -0.25) is 9.59 Å². The fourth-order valence-electron chi connectivity index (χ4n) is 1.52. The van der Waals surface area contributed by atoms with E-state index in [1.807, 2.05) is 0 Å². The molecule has 0 aliphatic heterocycles. The third-order valence-electron chi connectivity index (χ3n) is 2.55. The molecule has 0 saturated carbocycles. The highest BCUT2D eigenvalue weighted by molar-refractivity contribution is 9.10. The number of hydrogen-bond acceptors (Lipinski definition) is 4. The summed E-state index contributed by atoms with van der Waals surface area (Å²) in [6, 6.07) is 6.13. The second-order valence-electron chi connectivity index (χ2n) is 4.20. The Morgan fingerprint density at radius 1 is 1.29 bits per heavy atom. The summed E-state index contributed by atoms with van der Waals surface area (Å²) in [6.07, 6.45) is 0. The average molecular weight is 357 g/mol. The van der Waals surface area contributed by atoms with Crippen LogP contribution in [0.4, 0.5) is 0 Å². The van der Waals surface area contributed by atoms with Gasteiger partial charge in [0.05, 0.1) is 18.7 Å². The number of benzene rings is 1. The lowest BCUT2D eigenvalue weighted by Crippen LogP contribution is -2.44. The molecule has 0 saturated heterocycles. The molecule has 0 aromatic heterocycles. The van der Waals surface area contributed by atoms with Gasteiger partial charge in [-0.05, 0) is 41.9 Å². The molecule has 2 amide bonds. The molecule has 2 N–H and O–H groups in total. The van der Waals surface area contributed by atoms with Gasteiger partial charge < -0.3 is 15.4 Å². The maximum Gasteiger partial charge on any atom is 0.328 e. The van der Waals surface area contributed by atoms with E-state index in [0.29, 0.717) is 10.0 Å². The molecule has 7 heteroatoms. The van der Waals surface area contributed by atoms with Crippen LogP contribution >= 0.6 is 15.9 Å². The van der Waals surface area contributed by atoms with E-state index in [-0.39, 0.29) is 19.1 Å². The van der Waals surface area contributed by atoms with E-state index in [4.69, 9.17) is 4.74 Å². The maximum absolute atomic E-state index is 11.9. The predicted octanol–water partition coefficient (Wildman–Crippen LogP) is 1.25. The van der Waals surface area contributed by atoms with Crippen LogP contribution in [0.5, 0.6) is 0 Å². The van der Waals surface area contributed by atoms with Crippen molar-refractivity contribution in [2.24, 2.45) is 0 Å². The van der Waals surface area contributed by atoms with Crippen LogP contribution in [0, 0.1) is 0 Å². The fraction of sp³-hybridized carbons (Fsp3) is 0.357. The summed E-state index contributed by atoms with van der Waals surface area (Å²) in [5.74, 6) is -1.35. The van der Waals surface area contributed by atoms with Crippen LogP contribution in [-0.4, -0.2) is 37.0 Å². The van der Waals surface area contributed by atoms with Gasteiger partial charge in [0.25, 0.3) is 5.91 Å². The predicted molar refractivity (Wildman–Crippen MR) is 80.7 cm³/mol. The highest BCUT2D eigenvalue weighted by Crippen LogP contribution is 2.15. The third-order valence-corrected chi connectivity index (χ3v) is 3.24. The van der Waals surface area contributed by atoms with E-state index in [0.717, 1.165) is 0 Å². The fourth-order valence-corrected chi connectivity index (χ4v) is 1.98. The van der Waals surface area contributed by atoms with E-state index < -0.39 is 17.9 Å². The van der Waals surface area contributed by atoms with Crippen LogP contribution in [-0.2, 0) is 14.3 Å². The van der Waals surface area contributed by atoms with Gasteiger partial charge in [-0.25, -0.2) is 4.79 Å². The molecule has 1 aromatic carbocycles. The van der Waals surface area contributed by atoms with Crippen molar-refractivity contribution < 1.29 is 19.1 Å². The minimum atomic E-state index is -0.752. The number of amides is 2. The van der Waals surface area contributed by atoms with E-state index in [2.05, 4.69) is 26.6 Å². The number of halogens is 1. The van der Waals surface area contributed by atoms with Crippen molar-refractivity contribution in [3.8, 4) is 0 Å². The Balaban J connectivity index is 2.45. The standard InChI is InChI=1S/C14H17BrN2O4/c1-3-21-14(20)9(2)17-12(18)8-16-13(19)10-6-4-5-7-11(10)15/h4-7,9H,3,8H2,1-2H3,(H,16,19)(H,17,18). The molecule has 114 valence electrons. The van der Waals surface area contributed by atoms with Crippen molar-refractivity contribution in [1.82, 2.24) is 10.6 Å². The molecular weight excluding hydrogens is 340 g/mol. The molecule has 0 fully saturated rings. The Morgan fingerprint density at radius 3 is 2.57 bits per heavy atom. The zero-order valence-electron chi connectivity index (χ0n) is 11.8. The minimum absolute atomic E-state index is 0.218. The van der Waals surface area contributed by atoms with Crippen molar-refractivity contribution in [1.29, 1.82) is 0 Å². The van der Waals surface area contributed by atoms with Crippen LogP contribution in [0.3, 0.4) is 0 Å². The second-order valence-corrected chi connectivity index (χ2v) is 5.06. The van der Waals surface area contributed by atoms with Gasteiger partial charge in [0.15, 0.2) is 0 Å². The van der Waals surface area contributed by atoms with Crippen molar-refractivity contribution in [2.45, 2.75) is 19.9 Å². The molecule has 1 aromatic rings. The Bertz CT molecular complexity index is 533. The van der Waals surface area contributed by atoms with E-state index in [1.165, 1.54) is 6.92 Å². The number of carbonyl (C=O) groups excluding carboxylic acids is 3. The van der Waals surface area contributed by atoms with Crippen molar-refractivity contribution in [3.05, 3.63) is 34.3 Å². The number of hydrogen-bond donors (Lipinski definition) is 2. The number of nitrogens with one attached hydrogen (secondary N) is 2. The van der Waals surface area contributed by atoms with Gasteiger partial charge in [-0.15, -0.1) is 0 Å². The zero-order valence-corrected chi connectivity index (χ0v) is 13.4. The van der Waals surface area contributed by atoms with Crippen molar-refractivity contribution in [3.63, 3.8) is 0 Å². The van der Waals surface area contributed by atoms with Crippen LogP contribution in [0.1, 0.15) is 24.2 Å².